The zero-order chi connectivity index (χ0) is 10.8. The molecule has 0 radical (unpaired) electrons. The Bertz CT molecular complexity index is 393. The minimum absolute atomic E-state index is 0.0364. The Kier molecular flexibility index (Phi) is 3.31. The van der Waals surface area contributed by atoms with Gasteiger partial charge in [-0.05, 0) is 13.8 Å². The Morgan fingerprint density at radius 3 is 2.64 bits per heavy atom. The molecule has 14 heavy (non-hydrogen) atoms. The molecule has 0 saturated heterocycles. The normalized spacial score (nSPS) is 12.3. The Labute approximate surface area is 84.9 Å². The molecule has 4 nitrogen and oxygen atoms in total. The molecule has 0 aromatic carbocycles. The fraction of sp³-hybridized carbons (Fsp3) is 0.667. The first-order valence-corrected chi connectivity index (χ1v) is 6.50. The summed E-state index contributed by atoms with van der Waals surface area (Å²) in [7, 11) is -2.98. The maximum atomic E-state index is 11.4. The maximum Gasteiger partial charge on any atom is 0.157 e. The van der Waals surface area contributed by atoms with Crippen molar-refractivity contribution < 1.29 is 8.42 Å². The van der Waals surface area contributed by atoms with E-state index in [4.69, 9.17) is 0 Å². The lowest BCUT2D eigenvalue weighted by Crippen LogP contribution is -2.13. The van der Waals surface area contributed by atoms with Crippen molar-refractivity contribution in [3.8, 4) is 0 Å². The highest BCUT2D eigenvalue weighted by Crippen LogP contribution is 2.11. The first-order chi connectivity index (χ1) is 6.46. The second-order valence-electron chi connectivity index (χ2n) is 3.52. The fourth-order valence-electron chi connectivity index (χ4n) is 1.22. The molecule has 0 atom stereocenters. The third-order valence-corrected chi connectivity index (χ3v) is 3.67. The topological polar surface area (TPSA) is 52.0 Å². The van der Waals surface area contributed by atoms with Crippen LogP contribution in [-0.4, -0.2) is 23.7 Å². The van der Waals surface area contributed by atoms with Crippen LogP contribution in [0, 0.1) is 0 Å². The van der Waals surface area contributed by atoms with E-state index < -0.39 is 9.84 Å². The highest BCUT2D eigenvalue weighted by Gasteiger charge is 2.14. The van der Waals surface area contributed by atoms with Gasteiger partial charge in [-0.1, -0.05) is 6.92 Å². The molecule has 0 aliphatic heterocycles. The molecule has 0 saturated carbocycles. The van der Waals surface area contributed by atoms with E-state index in [2.05, 4.69) is 4.98 Å². The highest BCUT2D eigenvalue weighted by molar-refractivity contribution is 7.90. The van der Waals surface area contributed by atoms with Crippen LogP contribution in [-0.2, 0) is 15.6 Å². The van der Waals surface area contributed by atoms with Gasteiger partial charge in [0.05, 0.1) is 0 Å². The van der Waals surface area contributed by atoms with E-state index in [1.807, 2.05) is 24.6 Å². The SMILES string of the molecule is CCS(=O)(=O)Cc1nccn1C(C)C. The minimum atomic E-state index is -2.98. The van der Waals surface area contributed by atoms with E-state index in [0.717, 1.165) is 0 Å². The third kappa shape index (κ3) is 2.57. The minimum Gasteiger partial charge on any atom is -0.332 e. The van der Waals surface area contributed by atoms with Crippen LogP contribution >= 0.6 is 0 Å². The molecule has 0 unspecified atom stereocenters. The Morgan fingerprint density at radius 1 is 1.50 bits per heavy atom. The highest BCUT2D eigenvalue weighted by atomic mass is 32.2. The molecule has 0 amide bonds. The number of imidazole rings is 1. The van der Waals surface area contributed by atoms with Crippen LogP contribution < -0.4 is 0 Å². The zero-order valence-electron chi connectivity index (χ0n) is 8.77. The Morgan fingerprint density at radius 2 is 2.14 bits per heavy atom. The zero-order valence-corrected chi connectivity index (χ0v) is 9.58. The number of hydrogen-bond donors (Lipinski definition) is 0. The van der Waals surface area contributed by atoms with Crippen molar-refractivity contribution in [1.29, 1.82) is 0 Å². The van der Waals surface area contributed by atoms with Gasteiger partial charge in [0.15, 0.2) is 9.84 Å². The summed E-state index contributed by atoms with van der Waals surface area (Å²) in [6.45, 7) is 5.66. The standard InChI is InChI=1S/C9H16N2O2S/c1-4-14(12,13)7-9-10-5-6-11(9)8(2)3/h5-6,8H,4,7H2,1-3H3. The molecular formula is C9H16N2O2S. The van der Waals surface area contributed by atoms with Gasteiger partial charge in [0.25, 0.3) is 0 Å². The molecule has 0 spiro atoms. The largest absolute Gasteiger partial charge is 0.332 e. The summed E-state index contributed by atoms with van der Waals surface area (Å²) < 4.78 is 24.7. The Balaban J connectivity index is 2.93. The van der Waals surface area contributed by atoms with Gasteiger partial charge in [0.1, 0.15) is 11.6 Å². The lowest BCUT2D eigenvalue weighted by Gasteiger charge is -2.10. The molecule has 80 valence electrons. The number of hydrogen-bond acceptors (Lipinski definition) is 3. The smallest absolute Gasteiger partial charge is 0.157 e. The number of aromatic nitrogens is 2. The number of rotatable bonds is 4. The second-order valence-corrected chi connectivity index (χ2v) is 5.87. The molecule has 1 rings (SSSR count). The van der Waals surface area contributed by atoms with E-state index >= 15 is 0 Å². The summed E-state index contributed by atoms with van der Waals surface area (Å²) in [5.41, 5.74) is 0. The van der Waals surface area contributed by atoms with Crippen molar-refractivity contribution in [3.63, 3.8) is 0 Å². The number of sulfone groups is 1. The van der Waals surface area contributed by atoms with Crippen LogP contribution in [0.2, 0.25) is 0 Å². The van der Waals surface area contributed by atoms with E-state index in [0.29, 0.717) is 5.82 Å². The van der Waals surface area contributed by atoms with E-state index in [1.165, 1.54) is 0 Å². The van der Waals surface area contributed by atoms with Gasteiger partial charge in [0.2, 0.25) is 0 Å². The average Bonchev–Trinajstić information content (AvgIpc) is 2.51. The predicted molar refractivity (Wildman–Crippen MR) is 55.8 cm³/mol. The molecule has 0 N–H and O–H groups in total. The lowest BCUT2D eigenvalue weighted by atomic mass is 10.4. The van der Waals surface area contributed by atoms with Crippen molar-refractivity contribution in [2.45, 2.75) is 32.6 Å². The van der Waals surface area contributed by atoms with Crippen LogP contribution in [0.4, 0.5) is 0 Å². The quantitative estimate of drug-likeness (QED) is 0.764. The second kappa shape index (κ2) is 4.13. The van der Waals surface area contributed by atoms with Gasteiger partial charge in [-0.3, -0.25) is 0 Å². The van der Waals surface area contributed by atoms with Crippen LogP contribution in [0.5, 0.6) is 0 Å². The summed E-state index contributed by atoms with van der Waals surface area (Å²) >= 11 is 0. The van der Waals surface area contributed by atoms with Gasteiger partial charge in [-0.25, -0.2) is 13.4 Å². The average molecular weight is 216 g/mol. The van der Waals surface area contributed by atoms with Crippen molar-refractivity contribution in [1.82, 2.24) is 9.55 Å². The molecule has 1 heterocycles. The summed E-state index contributed by atoms with van der Waals surface area (Å²) in [4.78, 5) is 4.05. The van der Waals surface area contributed by atoms with Crippen molar-refractivity contribution in [2.75, 3.05) is 5.75 Å². The van der Waals surface area contributed by atoms with Crippen molar-refractivity contribution in [3.05, 3.63) is 18.2 Å². The van der Waals surface area contributed by atoms with Gasteiger partial charge in [0, 0.05) is 24.2 Å². The monoisotopic (exact) mass is 216 g/mol. The van der Waals surface area contributed by atoms with Gasteiger partial charge in [-0.2, -0.15) is 0 Å². The van der Waals surface area contributed by atoms with E-state index in [9.17, 15) is 8.42 Å². The molecular weight excluding hydrogens is 200 g/mol. The van der Waals surface area contributed by atoms with Gasteiger partial charge < -0.3 is 4.57 Å². The third-order valence-electron chi connectivity index (χ3n) is 2.09. The van der Waals surface area contributed by atoms with Gasteiger partial charge in [-0.15, -0.1) is 0 Å². The number of nitrogens with zero attached hydrogens (tertiary/aromatic N) is 2. The maximum absolute atomic E-state index is 11.4. The molecule has 0 fully saturated rings. The summed E-state index contributed by atoms with van der Waals surface area (Å²) in [5, 5.41) is 0. The molecule has 0 bridgehead atoms. The van der Waals surface area contributed by atoms with Crippen LogP contribution in [0.3, 0.4) is 0 Å². The molecule has 5 heteroatoms. The van der Waals surface area contributed by atoms with Crippen LogP contribution in [0.25, 0.3) is 0 Å². The van der Waals surface area contributed by atoms with Crippen molar-refractivity contribution in [2.24, 2.45) is 0 Å². The summed E-state index contributed by atoms with van der Waals surface area (Å²) in [6, 6.07) is 0.250. The molecule has 0 aliphatic carbocycles. The Hall–Kier alpha value is -0.840. The van der Waals surface area contributed by atoms with E-state index in [1.54, 1.807) is 13.1 Å². The predicted octanol–water partition coefficient (Wildman–Crippen LogP) is 1.40. The van der Waals surface area contributed by atoms with Crippen LogP contribution in [0.15, 0.2) is 12.4 Å². The first kappa shape index (κ1) is 11.2. The lowest BCUT2D eigenvalue weighted by molar-refractivity contribution is 0.566. The summed E-state index contributed by atoms with van der Waals surface area (Å²) in [6.07, 6.45) is 3.45. The first-order valence-electron chi connectivity index (χ1n) is 4.68. The molecule has 1 aromatic rings. The molecule has 0 aliphatic rings. The van der Waals surface area contributed by atoms with Crippen molar-refractivity contribution >= 4 is 9.84 Å². The molecule has 1 aromatic heterocycles. The summed E-state index contributed by atoms with van der Waals surface area (Å²) in [5.74, 6) is 0.828. The van der Waals surface area contributed by atoms with Gasteiger partial charge >= 0.3 is 0 Å². The van der Waals surface area contributed by atoms with E-state index in [-0.39, 0.29) is 17.5 Å². The fourth-order valence-corrected chi connectivity index (χ4v) is 2.05. The van der Waals surface area contributed by atoms with Crippen LogP contribution in [0.1, 0.15) is 32.6 Å².